The minimum absolute atomic E-state index is 0. The highest BCUT2D eigenvalue weighted by Crippen LogP contribution is 2.26. The van der Waals surface area contributed by atoms with Gasteiger partial charge in [-0.2, -0.15) is 0 Å². The van der Waals surface area contributed by atoms with Gasteiger partial charge in [0, 0.05) is 19.2 Å². The largest absolute Gasteiger partial charge is 0.573 e. The summed E-state index contributed by atoms with van der Waals surface area (Å²) in [7, 11) is 1.85. The topological polar surface area (TPSA) is 76.4 Å². The molecule has 0 bridgehead atoms. The zero-order valence-electron chi connectivity index (χ0n) is 17.6. The minimum atomic E-state index is -4.76. The van der Waals surface area contributed by atoms with Gasteiger partial charge in [0.2, 0.25) is 0 Å². The third kappa shape index (κ3) is 7.70. The zero-order valence-corrected chi connectivity index (χ0v) is 19.9. The number of alkyl halides is 3. The lowest BCUT2D eigenvalue weighted by molar-refractivity contribution is -0.274. The van der Waals surface area contributed by atoms with E-state index in [1.807, 2.05) is 48.9 Å². The Kier molecular flexibility index (Phi) is 9.29. The molecule has 0 aliphatic heterocycles. The number of nitrogens with zero attached hydrogens (tertiary/aromatic N) is 4. The van der Waals surface area contributed by atoms with Crippen molar-refractivity contribution in [2.24, 2.45) is 12.0 Å². The van der Waals surface area contributed by atoms with Crippen LogP contribution in [0.2, 0.25) is 0 Å². The third-order valence-corrected chi connectivity index (χ3v) is 4.50. The van der Waals surface area contributed by atoms with E-state index in [1.54, 1.807) is 12.1 Å². The van der Waals surface area contributed by atoms with Gasteiger partial charge in [0.25, 0.3) is 0 Å². The van der Waals surface area contributed by atoms with Crippen molar-refractivity contribution >= 4 is 29.9 Å². The molecule has 0 aliphatic rings. The van der Waals surface area contributed by atoms with E-state index in [-0.39, 0.29) is 36.3 Å². The molecule has 0 spiro atoms. The summed E-state index contributed by atoms with van der Waals surface area (Å²) in [6.45, 7) is 2.68. The van der Waals surface area contributed by atoms with Gasteiger partial charge < -0.3 is 19.9 Å². The molecule has 2 N–H and O–H groups in total. The van der Waals surface area contributed by atoms with Gasteiger partial charge >= 0.3 is 6.36 Å². The molecule has 0 saturated heterocycles. The SMILES string of the molecule is Cc1nnc(CNC(=NCc2ccccc2)NCc2ccccc2OC(F)(F)F)n1C.I. The molecule has 3 aromatic rings. The fourth-order valence-corrected chi connectivity index (χ4v) is 2.75. The number of hydrogen-bond donors (Lipinski definition) is 2. The molecule has 0 saturated carbocycles. The molecule has 1 aromatic heterocycles. The lowest BCUT2D eigenvalue weighted by atomic mass is 10.2. The predicted molar refractivity (Wildman–Crippen MR) is 126 cm³/mol. The molecular formula is C21H24F3IN6O. The number of aryl methyl sites for hydroxylation is 1. The van der Waals surface area contributed by atoms with Crippen molar-refractivity contribution < 1.29 is 17.9 Å². The highest BCUT2D eigenvalue weighted by atomic mass is 127. The van der Waals surface area contributed by atoms with Crippen LogP contribution in [0.3, 0.4) is 0 Å². The predicted octanol–water partition coefficient (Wildman–Crippen LogP) is 4.08. The van der Waals surface area contributed by atoms with Crippen molar-refractivity contribution in [1.82, 2.24) is 25.4 Å². The average Bonchev–Trinajstić information content (AvgIpc) is 3.06. The number of hydrogen-bond acceptors (Lipinski definition) is 4. The molecule has 1 heterocycles. The van der Waals surface area contributed by atoms with Crippen molar-refractivity contribution in [2.45, 2.75) is 32.9 Å². The number of aromatic nitrogens is 3. The molecule has 172 valence electrons. The van der Waals surface area contributed by atoms with Crippen molar-refractivity contribution in [3.8, 4) is 5.75 Å². The van der Waals surface area contributed by atoms with Gasteiger partial charge in [-0.15, -0.1) is 47.3 Å². The molecule has 0 amide bonds. The second kappa shape index (κ2) is 11.7. The quantitative estimate of drug-likeness (QED) is 0.259. The number of ether oxygens (including phenoxy) is 1. The van der Waals surface area contributed by atoms with Crippen LogP contribution in [-0.4, -0.2) is 27.1 Å². The van der Waals surface area contributed by atoms with Crippen LogP contribution in [-0.2, 0) is 26.7 Å². The second-order valence-electron chi connectivity index (χ2n) is 6.74. The van der Waals surface area contributed by atoms with Gasteiger partial charge in [-0.1, -0.05) is 48.5 Å². The number of aliphatic imine (C=N–C) groups is 1. The van der Waals surface area contributed by atoms with Gasteiger partial charge in [-0.3, -0.25) is 0 Å². The van der Waals surface area contributed by atoms with E-state index in [0.29, 0.717) is 30.4 Å². The van der Waals surface area contributed by atoms with Gasteiger partial charge in [-0.25, -0.2) is 4.99 Å². The Balaban J connectivity index is 0.00000363. The molecule has 7 nitrogen and oxygen atoms in total. The number of benzene rings is 2. The van der Waals surface area contributed by atoms with Crippen LogP contribution in [0.4, 0.5) is 13.2 Å². The monoisotopic (exact) mass is 560 g/mol. The smallest absolute Gasteiger partial charge is 0.405 e. The Morgan fingerprint density at radius 2 is 1.66 bits per heavy atom. The molecule has 2 aromatic carbocycles. The molecule has 11 heteroatoms. The molecule has 3 rings (SSSR count). The van der Waals surface area contributed by atoms with Crippen molar-refractivity contribution in [3.63, 3.8) is 0 Å². The highest BCUT2D eigenvalue weighted by molar-refractivity contribution is 14.0. The molecule has 0 aliphatic carbocycles. The molecule has 0 atom stereocenters. The number of nitrogens with one attached hydrogen (secondary N) is 2. The maximum absolute atomic E-state index is 12.7. The van der Waals surface area contributed by atoms with E-state index in [1.165, 1.54) is 12.1 Å². The summed E-state index contributed by atoms with van der Waals surface area (Å²) >= 11 is 0. The first kappa shape index (κ1) is 25.4. The number of para-hydroxylation sites is 1. The van der Waals surface area contributed by atoms with Gasteiger partial charge in [-0.05, 0) is 18.6 Å². The summed E-state index contributed by atoms with van der Waals surface area (Å²) < 4.78 is 44.0. The van der Waals surface area contributed by atoms with E-state index in [4.69, 9.17) is 0 Å². The summed E-state index contributed by atoms with van der Waals surface area (Å²) in [6.07, 6.45) is -4.76. The average molecular weight is 560 g/mol. The maximum atomic E-state index is 12.7. The van der Waals surface area contributed by atoms with Crippen LogP contribution < -0.4 is 15.4 Å². The van der Waals surface area contributed by atoms with Crippen molar-refractivity contribution in [1.29, 1.82) is 0 Å². The maximum Gasteiger partial charge on any atom is 0.573 e. The number of guanidine groups is 1. The molecular weight excluding hydrogens is 536 g/mol. The first-order valence-corrected chi connectivity index (χ1v) is 9.56. The van der Waals surface area contributed by atoms with E-state index in [9.17, 15) is 13.2 Å². The zero-order chi connectivity index (χ0) is 22.3. The minimum Gasteiger partial charge on any atom is -0.405 e. The van der Waals surface area contributed by atoms with Crippen LogP contribution in [0.1, 0.15) is 22.8 Å². The summed E-state index contributed by atoms with van der Waals surface area (Å²) in [5, 5.41) is 14.3. The Bertz CT molecular complexity index is 1020. The molecule has 0 fully saturated rings. The van der Waals surface area contributed by atoms with Crippen LogP contribution >= 0.6 is 24.0 Å². The fraction of sp³-hybridized carbons (Fsp3) is 0.286. The highest BCUT2D eigenvalue weighted by Gasteiger charge is 2.31. The first-order valence-electron chi connectivity index (χ1n) is 9.56. The third-order valence-electron chi connectivity index (χ3n) is 4.50. The number of rotatable bonds is 7. The second-order valence-corrected chi connectivity index (χ2v) is 6.74. The van der Waals surface area contributed by atoms with Crippen molar-refractivity contribution in [3.05, 3.63) is 77.4 Å². The summed E-state index contributed by atoms with van der Waals surface area (Å²) in [5.74, 6) is 1.64. The first-order chi connectivity index (χ1) is 14.8. The van der Waals surface area contributed by atoms with Crippen LogP contribution in [0.25, 0.3) is 0 Å². The summed E-state index contributed by atoms with van der Waals surface area (Å²) in [4.78, 5) is 4.54. The summed E-state index contributed by atoms with van der Waals surface area (Å²) in [6, 6.07) is 15.6. The Labute approximate surface area is 201 Å². The van der Waals surface area contributed by atoms with E-state index in [2.05, 4.69) is 30.6 Å². The van der Waals surface area contributed by atoms with Crippen molar-refractivity contribution in [2.75, 3.05) is 0 Å². The van der Waals surface area contributed by atoms with Crippen LogP contribution in [0.15, 0.2) is 59.6 Å². The van der Waals surface area contributed by atoms with Crippen LogP contribution in [0.5, 0.6) is 5.75 Å². The Morgan fingerprint density at radius 3 is 2.31 bits per heavy atom. The van der Waals surface area contributed by atoms with E-state index >= 15 is 0 Å². The number of halogens is 4. The van der Waals surface area contributed by atoms with E-state index in [0.717, 1.165) is 11.4 Å². The Morgan fingerprint density at radius 1 is 1.00 bits per heavy atom. The van der Waals surface area contributed by atoms with E-state index < -0.39 is 6.36 Å². The normalized spacial score (nSPS) is 11.6. The standard InChI is InChI=1S/C21H23F3N6O.HI/c1-15-28-29-19(30(15)2)14-27-20(25-12-16-8-4-3-5-9-16)26-13-17-10-6-7-11-18(17)31-21(22,23)24;/h3-11H,12-14H2,1-2H3,(H2,25,26,27);1H. The fourth-order valence-electron chi connectivity index (χ4n) is 2.75. The van der Waals surface area contributed by atoms with Gasteiger partial charge in [0.1, 0.15) is 11.6 Å². The lowest BCUT2D eigenvalue weighted by Gasteiger charge is -2.16. The Hall–Kier alpha value is -2.83. The molecule has 0 radical (unpaired) electrons. The van der Waals surface area contributed by atoms with Crippen LogP contribution in [0, 0.1) is 6.92 Å². The van der Waals surface area contributed by atoms with Gasteiger partial charge in [0.05, 0.1) is 13.1 Å². The molecule has 32 heavy (non-hydrogen) atoms. The van der Waals surface area contributed by atoms with Gasteiger partial charge in [0.15, 0.2) is 11.8 Å². The molecule has 0 unspecified atom stereocenters. The lowest BCUT2D eigenvalue weighted by Crippen LogP contribution is -2.37. The summed E-state index contributed by atoms with van der Waals surface area (Å²) in [5.41, 5.74) is 1.35.